The van der Waals surface area contributed by atoms with Crippen LogP contribution in [0.4, 0.5) is 0 Å². The molecule has 1 aliphatic heterocycles. The van der Waals surface area contributed by atoms with Crippen molar-refractivity contribution in [2.75, 3.05) is 0 Å². The highest BCUT2D eigenvalue weighted by atomic mass is 16.3. The molecule has 0 spiro atoms. The average Bonchev–Trinajstić information content (AvgIpc) is 3.02. The first kappa shape index (κ1) is 13.1. The lowest BCUT2D eigenvalue weighted by Gasteiger charge is -2.50. The van der Waals surface area contributed by atoms with Gasteiger partial charge in [0.25, 0.3) is 0 Å². The molecule has 0 amide bonds. The number of fused-ring (bicyclic) bond motifs is 3. The van der Waals surface area contributed by atoms with E-state index in [1.165, 1.54) is 17.5 Å². The molecule has 110 valence electrons. The van der Waals surface area contributed by atoms with Crippen LogP contribution in [0.25, 0.3) is 11.3 Å². The van der Waals surface area contributed by atoms with E-state index in [9.17, 15) is 5.11 Å². The number of hydrogen-bond acceptors (Lipinski definition) is 2. The summed E-state index contributed by atoms with van der Waals surface area (Å²) < 4.78 is 2.18. The molecule has 1 aromatic carbocycles. The van der Waals surface area contributed by atoms with Gasteiger partial charge in [0.1, 0.15) is 0 Å². The largest absolute Gasteiger partial charge is 0.387 e. The highest BCUT2D eigenvalue weighted by Crippen LogP contribution is 2.55. The van der Waals surface area contributed by atoms with Crippen LogP contribution in [0.2, 0.25) is 0 Å². The number of imidazole rings is 1. The summed E-state index contributed by atoms with van der Waals surface area (Å²) >= 11 is 0. The van der Waals surface area contributed by atoms with Crippen LogP contribution in [-0.4, -0.2) is 20.3 Å². The van der Waals surface area contributed by atoms with Gasteiger partial charge in [-0.3, -0.25) is 0 Å². The molecule has 2 aromatic rings. The van der Waals surface area contributed by atoms with Crippen molar-refractivity contribution in [1.82, 2.24) is 9.55 Å². The molecule has 2 atom stereocenters. The lowest BCUT2D eigenvalue weighted by Crippen LogP contribution is -2.52. The molecular weight excluding hydrogens is 260 g/mol. The van der Waals surface area contributed by atoms with E-state index in [0.29, 0.717) is 0 Å². The van der Waals surface area contributed by atoms with Crippen molar-refractivity contribution >= 4 is 0 Å². The third-order valence-corrected chi connectivity index (χ3v) is 5.71. The first-order valence-corrected chi connectivity index (χ1v) is 7.88. The van der Waals surface area contributed by atoms with E-state index in [1.807, 2.05) is 12.5 Å². The van der Waals surface area contributed by atoms with Crippen LogP contribution in [-0.2, 0) is 0 Å². The monoisotopic (exact) mass is 282 g/mol. The van der Waals surface area contributed by atoms with Crippen LogP contribution < -0.4 is 0 Å². The fourth-order valence-electron chi connectivity index (χ4n) is 4.35. The maximum Gasteiger partial charge on any atom is 0.0957 e. The summed E-state index contributed by atoms with van der Waals surface area (Å²) in [5.41, 5.74) is 2.79. The van der Waals surface area contributed by atoms with E-state index in [-0.39, 0.29) is 11.5 Å². The Morgan fingerprint density at radius 1 is 1.19 bits per heavy atom. The van der Waals surface area contributed by atoms with E-state index in [0.717, 1.165) is 25.0 Å². The molecule has 0 saturated heterocycles. The van der Waals surface area contributed by atoms with Crippen molar-refractivity contribution in [2.24, 2.45) is 5.41 Å². The number of hydrogen-bond donors (Lipinski definition) is 1. The van der Waals surface area contributed by atoms with E-state index in [1.54, 1.807) is 0 Å². The Morgan fingerprint density at radius 2 is 1.95 bits per heavy atom. The summed E-state index contributed by atoms with van der Waals surface area (Å²) in [7, 11) is 0. The maximum absolute atomic E-state index is 11.7. The lowest BCUT2D eigenvalue weighted by molar-refractivity contribution is -0.121. The number of rotatable bonds is 1. The van der Waals surface area contributed by atoms with Gasteiger partial charge in [0.2, 0.25) is 0 Å². The van der Waals surface area contributed by atoms with Gasteiger partial charge in [-0.25, -0.2) is 4.98 Å². The molecule has 2 heterocycles. The van der Waals surface area contributed by atoms with Crippen LogP contribution >= 0.6 is 0 Å². The average molecular weight is 282 g/mol. The summed E-state index contributed by atoms with van der Waals surface area (Å²) in [6.07, 6.45) is 8.03. The minimum atomic E-state index is -0.715. The minimum absolute atomic E-state index is 0.0125. The summed E-state index contributed by atoms with van der Waals surface area (Å²) in [6, 6.07) is 8.43. The predicted octanol–water partition coefficient (Wildman–Crippen LogP) is 3.78. The van der Waals surface area contributed by atoms with Gasteiger partial charge in [-0.15, -0.1) is 0 Å². The van der Waals surface area contributed by atoms with Gasteiger partial charge >= 0.3 is 0 Å². The van der Waals surface area contributed by atoms with Gasteiger partial charge in [0, 0.05) is 5.56 Å². The van der Waals surface area contributed by atoms with Crippen LogP contribution in [0.1, 0.15) is 51.1 Å². The fraction of sp³-hybridized carbons (Fsp3) is 0.500. The SMILES string of the molecule is CC1(C)CCCC[C@@]1(O)[C@H]1c2ccccc2-c2cncn21. The molecule has 3 heteroatoms. The van der Waals surface area contributed by atoms with Crippen LogP contribution in [0.3, 0.4) is 0 Å². The second-order valence-corrected chi connectivity index (χ2v) is 7.19. The molecule has 1 aliphatic carbocycles. The van der Waals surface area contributed by atoms with E-state index in [4.69, 9.17) is 0 Å². The zero-order chi connectivity index (χ0) is 14.7. The molecule has 3 nitrogen and oxygen atoms in total. The Labute approximate surface area is 125 Å². The van der Waals surface area contributed by atoms with E-state index >= 15 is 0 Å². The van der Waals surface area contributed by atoms with Gasteiger partial charge in [0.15, 0.2) is 0 Å². The summed E-state index contributed by atoms with van der Waals surface area (Å²) in [6.45, 7) is 4.42. The first-order chi connectivity index (χ1) is 10.0. The highest BCUT2D eigenvalue weighted by molar-refractivity contribution is 5.69. The lowest BCUT2D eigenvalue weighted by atomic mass is 9.61. The Hall–Kier alpha value is -1.61. The van der Waals surface area contributed by atoms with Crippen LogP contribution in [0.15, 0.2) is 36.8 Å². The zero-order valence-electron chi connectivity index (χ0n) is 12.7. The summed E-state index contributed by atoms with van der Waals surface area (Å²) in [5, 5.41) is 11.7. The predicted molar refractivity (Wildman–Crippen MR) is 83.0 cm³/mol. The smallest absolute Gasteiger partial charge is 0.0957 e. The molecule has 2 aliphatic rings. The van der Waals surface area contributed by atoms with Crippen molar-refractivity contribution in [2.45, 2.75) is 51.2 Å². The topological polar surface area (TPSA) is 38.1 Å². The second-order valence-electron chi connectivity index (χ2n) is 7.19. The van der Waals surface area contributed by atoms with Gasteiger partial charge in [0.05, 0.1) is 29.9 Å². The molecule has 4 rings (SSSR count). The van der Waals surface area contributed by atoms with E-state index in [2.05, 4.69) is 47.7 Å². The normalized spacial score (nSPS) is 30.0. The van der Waals surface area contributed by atoms with Crippen molar-refractivity contribution in [3.63, 3.8) is 0 Å². The third kappa shape index (κ3) is 1.61. The number of aliphatic hydroxyl groups is 1. The van der Waals surface area contributed by atoms with Crippen LogP contribution in [0, 0.1) is 5.41 Å². The molecule has 0 radical (unpaired) electrons. The maximum atomic E-state index is 11.7. The molecule has 0 unspecified atom stereocenters. The molecule has 0 bridgehead atoms. The molecular formula is C18H22N2O. The number of nitrogens with zero attached hydrogens (tertiary/aromatic N) is 2. The minimum Gasteiger partial charge on any atom is -0.387 e. The number of benzene rings is 1. The van der Waals surface area contributed by atoms with Gasteiger partial charge in [-0.1, -0.05) is 51.0 Å². The van der Waals surface area contributed by atoms with Gasteiger partial charge < -0.3 is 9.67 Å². The quantitative estimate of drug-likeness (QED) is 0.864. The van der Waals surface area contributed by atoms with E-state index < -0.39 is 5.60 Å². The van der Waals surface area contributed by atoms with Gasteiger partial charge in [-0.2, -0.15) is 0 Å². The fourth-order valence-corrected chi connectivity index (χ4v) is 4.35. The molecule has 1 N–H and O–H groups in total. The number of aromatic nitrogens is 2. The highest BCUT2D eigenvalue weighted by Gasteiger charge is 2.54. The van der Waals surface area contributed by atoms with Crippen LogP contribution in [0.5, 0.6) is 0 Å². The first-order valence-electron chi connectivity index (χ1n) is 7.88. The Balaban J connectivity index is 1.93. The van der Waals surface area contributed by atoms with Gasteiger partial charge in [-0.05, 0) is 23.8 Å². The Bertz CT molecular complexity index is 688. The molecule has 1 fully saturated rings. The summed E-state index contributed by atoms with van der Waals surface area (Å²) in [5.74, 6) is 0. The molecule has 1 saturated carbocycles. The van der Waals surface area contributed by atoms with Crippen molar-refractivity contribution in [3.05, 3.63) is 42.4 Å². The molecule has 1 aromatic heterocycles. The van der Waals surface area contributed by atoms with Crippen molar-refractivity contribution < 1.29 is 5.11 Å². The zero-order valence-corrected chi connectivity index (χ0v) is 12.7. The van der Waals surface area contributed by atoms with Crippen molar-refractivity contribution in [1.29, 1.82) is 0 Å². The summed E-state index contributed by atoms with van der Waals surface area (Å²) in [4.78, 5) is 4.32. The third-order valence-electron chi connectivity index (χ3n) is 5.71. The Kier molecular flexibility index (Phi) is 2.62. The van der Waals surface area contributed by atoms with Crippen molar-refractivity contribution in [3.8, 4) is 11.3 Å². The standard InChI is InChI=1S/C18H22N2O/c1-17(2)9-5-6-10-18(17,21)16-14-8-4-3-7-13(14)15-11-19-12-20(15)16/h3-4,7-8,11-12,16,21H,5-6,9-10H2,1-2H3/t16-,18-/m1/s1. The Morgan fingerprint density at radius 3 is 2.76 bits per heavy atom. The second kappa shape index (κ2) is 4.20. The molecule has 21 heavy (non-hydrogen) atoms.